The Kier molecular flexibility index (Phi) is 3.96. The fourth-order valence-electron chi connectivity index (χ4n) is 0.986. The maximum Gasteiger partial charge on any atom is 0.472 e. The predicted molar refractivity (Wildman–Crippen MR) is 59.2 cm³/mol. The van der Waals surface area contributed by atoms with Gasteiger partial charge in [-0.15, -0.1) is 0 Å². The van der Waals surface area contributed by atoms with Crippen LogP contribution in [0, 0.1) is 0 Å². The van der Waals surface area contributed by atoms with Crippen LogP contribution in [0.25, 0.3) is 0 Å². The first-order valence-corrected chi connectivity index (χ1v) is 8.78. The van der Waals surface area contributed by atoms with Crippen molar-refractivity contribution >= 4 is 22.5 Å². The van der Waals surface area contributed by atoms with Crippen LogP contribution in [-0.2, 0) is 4.43 Å². The number of benzene rings is 1. The summed E-state index contributed by atoms with van der Waals surface area (Å²) in [6, 6.07) is 9.69. The molecule has 1 aromatic carbocycles. The quantitative estimate of drug-likeness (QED) is 0.612. The van der Waals surface area contributed by atoms with E-state index in [4.69, 9.17) is 8.85 Å². The third-order valence-electron chi connectivity index (χ3n) is 1.45. The molecule has 0 saturated carbocycles. The van der Waals surface area contributed by atoms with Crippen LogP contribution in [0.2, 0.25) is 6.55 Å². The zero-order valence-electron chi connectivity index (χ0n) is 7.79. The molecule has 0 heterocycles. The van der Waals surface area contributed by atoms with E-state index in [0.29, 0.717) is 6.61 Å². The molecule has 0 amide bonds. The van der Waals surface area contributed by atoms with Crippen molar-refractivity contribution in [3.63, 3.8) is 0 Å². The molecule has 4 heteroatoms. The van der Waals surface area contributed by atoms with Crippen molar-refractivity contribution in [1.29, 1.82) is 0 Å². The maximum atomic E-state index is 5.68. The molecule has 0 aliphatic rings. The van der Waals surface area contributed by atoms with Gasteiger partial charge in [0.15, 0.2) is 0 Å². The van der Waals surface area contributed by atoms with Gasteiger partial charge in [-0.1, -0.05) is 18.2 Å². The van der Waals surface area contributed by atoms with Gasteiger partial charge in [0.05, 0.1) is 0 Å². The maximum absolute atomic E-state index is 5.68. The molecule has 2 nitrogen and oxygen atoms in total. The van der Waals surface area contributed by atoms with Gasteiger partial charge >= 0.3 is 7.18 Å². The summed E-state index contributed by atoms with van der Waals surface area (Å²) in [4.78, 5) is 0. The lowest BCUT2D eigenvalue weighted by Crippen LogP contribution is -2.34. The highest BCUT2D eigenvalue weighted by atomic mass is 79.9. The molecule has 0 aromatic heterocycles. The summed E-state index contributed by atoms with van der Waals surface area (Å²) in [5, 5.41) is 0. The largest absolute Gasteiger partial charge is 0.513 e. The Morgan fingerprint density at radius 1 is 1.31 bits per heavy atom. The van der Waals surface area contributed by atoms with E-state index in [0.717, 1.165) is 5.75 Å². The molecular formula is C9H13BrO2Si. The SMILES string of the molecule is CCO[Si](C)(Br)Oc1ccccc1. The smallest absolute Gasteiger partial charge is 0.472 e. The van der Waals surface area contributed by atoms with E-state index in [1.807, 2.05) is 43.8 Å². The molecule has 0 radical (unpaired) electrons. The fourth-order valence-corrected chi connectivity index (χ4v) is 3.37. The van der Waals surface area contributed by atoms with E-state index < -0.39 is 7.18 Å². The fraction of sp³-hybridized carbons (Fsp3) is 0.333. The minimum absolute atomic E-state index is 0.667. The molecule has 0 aliphatic carbocycles. The van der Waals surface area contributed by atoms with Crippen LogP contribution in [0.3, 0.4) is 0 Å². The first-order valence-electron chi connectivity index (χ1n) is 4.21. The Morgan fingerprint density at radius 3 is 2.46 bits per heavy atom. The van der Waals surface area contributed by atoms with Crippen LogP contribution in [0.5, 0.6) is 5.75 Å². The van der Waals surface area contributed by atoms with E-state index >= 15 is 0 Å². The summed E-state index contributed by atoms with van der Waals surface area (Å²) in [6.07, 6.45) is 0. The topological polar surface area (TPSA) is 18.5 Å². The van der Waals surface area contributed by atoms with E-state index in [2.05, 4.69) is 15.3 Å². The molecular weight excluding hydrogens is 248 g/mol. The lowest BCUT2D eigenvalue weighted by molar-refractivity contribution is 0.281. The molecule has 0 aliphatic heterocycles. The molecule has 1 aromatic rings. The summed E-state index contributed by atoms with van der Waals surface area (Å²) in [5.74, 6) is 0.849. The van der Waals surface area contributed by atoms with Gasteiger partial charge in [-0.05, 0) is 34.3 Å². The molecule has 0 N–H and O–H groups in total. The normalized spacial score (nSPS) is 15.0. The monoisotopic (exact) mass is 260 g/mol. The number of halogens is 1. The number of hydrogen-bond donors (Lipinski definition) is 0. The van der Waals surface area contributed by atoms with Crippen LogP contribution >= 0.6 is 15.3 Å². The Bertz CT molecular complexity index is 251. The van der Waals surface area contributed by atoms with Crippen molar-refractivity contribution in [3.8, 4) is 5.75 Å². The molecule has 13 heavy (non-hydrogen) atoms. The van der Waals surface area contributed by atoms with Crippen LogP contribution in [-0.4, -0.2) is 13.8 Å². The Balaban J connectivity index is 2.58. The van der Waals surface area contributed by atoms with E-state index in [-0.39, 0.29) is 0 Å². The van der Waals surface area contributed by atoms with Gasteiger partial charge in [0.25, 0.3) is 0 Å². The second kappa shape index (κ2) is 4.79. The minimum atomic E-state index is -2.13. The van der Waals surface area contributed by atoms with Crippen molar-refractivity contribution in [2.45, 2.75) is 13.5 Å². The highest BCUT2D eigenvalue weighted by Crippen LogP contribution is 2.20. The van der Waals surface area contributed by atoms with Crippen molar-refractivity contribution in [3.05, 3.63) is 30.3 Å². The zero-order valence-corrected chi connectivity index (χ0v) is 10.4. The van der Waals surface area contributed by atoms with Gasteiger partial charge in [0.2, 0.25) is 0 Å². The number of hydrogen-bond acceptors (Lipinski definition) is 2. The summed E-state index contributed by atoms with van der Waals surface area (Å²) in [6.45, 7) is 4.59. The van der Waals surface area contributed by atoms with Gasteiger partial charge in [0, 0.05) is 13.2 Å². The highest BCUT2D eigenvalue weighted by molar-refractivity contribution is 9.25. The number of para-hydroxylation sites is 1. The lowest BCUT2D eigenvalue weighted by atomic mass is 10.3. The number of rotatable bonds is 4. The molecule has 72 valence electrons. The van der Waals surface area contributed by atoms with E-state index in [1.165, 1.54) is 0 Å². The third kappa shape index (κ3) is 3.93. The van der Waals surface area contributed by atoms with Crippen LogP contribution < -0.4 is 4.43 Å². The van der Waals surface area contributed by atoms with Gasteiger partial charge < -0.3 is 8.85 Å². The van der Waals surface area contributed by atoms with Gasteiger partial charge in [-0.2, -0.15) is 0 Å². The van der Waals surface area contributed by atoms with Gasteiger partial charge in [-0.3, -0.25) is 0 Å². The Hall–Kier alpha value is -0.323. The Morgan fingerprint density at radius 2 is 1.92 bits per heavy atom. The minimum Gasteiger partial charge on any atom is -0.513 e. The van der Waals surface area contributed by atoms with E-state index in [1.54, 1.807) is 0 Å². The zero-order chi connectivity index (χ0) is 9.73. The lowest BCUT2D eigenvalue weighted by Gasteiger charge is -2.20. The third-order valence-corrected chi connectivity index (χ3v) is 4.02. The van der Waals surface area contributed by atoms with Crippen molar-refractivity contribution in [2.24, 2.45) is 0 Å². The van der Waals surface area contributed by atoms with Crippen molar-refractivity contribution in [2.75, 3.05) is 6.61 Å². The first-order chi connectivity index (χ1) is 6.14. The highest BCUT2D eigenvalue weighted by Gasteiger charge is 2.29. The molecule has 1 atom stereocenters. The molecule has 0 saturated heterocycles. The molecule has 1 unspecified atom stereocenters. The average molecular weight is 261 g/mol. The molecule has 0 spiro atoms. The summed E-state index contributed by atoms with van der Waals surface area (Å²) >= 11 is 3.47. The van der Waals surface area contributed by atoms with Crippen LogP contribution in [0.15, 0.2) is 30.3 Å². The summed E-state index contributed by atoms with van der Waals surface area (Å²) < 4.78 is 11.1. The summed E-state index contributed by atoms with van der Waals surface area (Å²) in [5.41, 5.74) is 0. The molecule has 0 bridgehead atoms. The summed E-state index contributed by atoms with van der Waals surface area (Å²) in [7, 11) is -2.13. The van der Waals surface area contributed by atoms with Crippen LogP contribution in [0.1, 0.15) is 6.92 Å². The molecule has 0 fully saturated rings. The second-order valence-electron chi connectivity index (χ2n) is 2.68. The van der Waals surface area contributed by atoms with Gasteiger partial charge in [0.1, 0.15) is 5.75 Å². The second-order valence-corrected chi connectivity index (χ2v) is 9.17. The molecule has 1 rings (SSSR count). The van der Waals surface area contributed by atoms with Crippen molar-refractivity contribution in [1.82, 2.24) is 0 Å². The standard InChI is InChI=1S/C9H13BrO2Si/c1-3-11-13(2,10)12-9-7-5-4-6-8-9/h4-8H,3H2,1-2H3. The average Bonchev–Trinajstić information content (AvgIpc) is 2.04. The van der Waals surface area contributed by atoms with Crippen LogP contribution in [0.4, 0.5) is 0 Å². The van der Waals surface area contributed by atoms with E-state index in [9.17, 15) is 0 Å². The van der Waals surface area contributed by atoms with Crippen molar-refractivity contribution < 1.29 is 8.85 Å². The Labute approximate surface area is 87.7 Å². The first kappa shape index (κ1) is 10.8. The van der Waals surface area contributed by atoms with Gasteiger partial charge in [-0.25, -0.2) is 0 Å². The predicted octanol–water partition coefficient (Wildman–Crippen LogP) is 3.07.